The van der Waals surface area contributed by atoms with E-state index < -0.39 is 17.5 Å². The standard InChI is InChI=1S/C19H16ClFN4O2/c1-19(13-2-3-14(20)15(21)10-13)6-9-25(18(26)27-19)17-11-16(23-24-17)12-4-7-22-8-5-12/h2-5,7-8,10-11H,6,9H2,1H3,(H,23,24). The van der Waals surface area contributed by atoms with Crippen molar-refractivity contribution in [1.82, 2.24) is 15.2 Å². The summed E-state index contributed by atoms with van der Waals surface area (Å²) < 4.78 is 19.5. The number of nitrogens with one attached hydrogen (secondary N) is 1. The maximum Gasteiger partial charge on any atom is 0.416 e. The Bertz CT molecular complexity index is 994. The first kappa shape index (κ1) is 17.5. The van der Waals surface area contributed by atoms with E-state index in [0.29, 0.717) is 30.0 Å². The van der Waals surface area contributed by atoms with Gasteiger partial charge in [-0.2, -0.15) is 5.10 Å². The summed E-state index contributed by atoms with van der Waals surface area (Å²) in [5.41, 5.74) is 1.24. The summed E-state index contributed by atoms with van der Waals surface area (Å²) in [5.74, 6) is 0.000537. The maximum absolute atomic E-state index is 13.8. The smallest absolute Gasteiger partial charge is 0.416 e. The second-order valence-corrected chi connectivity index (χ2v) is 6.91. The van der Waals surface area contributed by atoms with Gasteiger partial charge in [0.15, 0.2) is 0 Å². The molecule has 1 atom stereocenters. The third-order valence-corrected chi connectivity index (χ3v) is 5.01. The van der Waals surface area contributed by atoms with Crippen LogP contribution in [0.3, 0.4) is 0 Å². The monoisotopic (exact) mass is 386 g/mol. The predicted molar refractivity (Wildman–Crippen MR) is 99.0 cm³/mol. The van der Waals surface area contributed by atoms with Gasteiger partial charge in [0.05, 0.1) is 10.7 Å². The van der Waals surface area contributed by atoms with Crippen molar-refractivity contribution in [2.24, 2.45) is 0 Å². The fraction of sp³-hybridized carbons (Fsp3) is 0.211. The number of amides is 1. The zero-order valence-electron chi connectivity index (χ0n) is 14.4. The zero-order valence-corrected chi connectivity index (χ0v) is 15.2. The number of ether oxygens (including phenoxy) is 1. The highest BCUT2D eigenvalue weighted by atomic mass is 35.5. The number of benzene rings is 1. The Labute approximate surface area is 159 Å². The van der Waals surface area contributed by atoms with Crippen LogP contribution in [-0.4, -0.2) is 27.8 Å². The van der Waals surface area contributed by atoms with Gasteiger partial charge in [-0.1, -0.05) is 17.7 Å². The Balaban J connectivity index is 1.55. The molecule has 0 radical (unpaired) electrons. The average molecular weight is 387 g/mol. The Morgan fingerprint density at radius 3 is 2.74 bits per heavy atom. The third kappa shape index (κ3) is 3.26. The van der Waals surface area contributed by atoms with Crippen molar-refractivity contribution in [3.63, 3.8) is 0 Å². The van der Waals surface area contributed by atoms with E-state index >= 15 is 0 Å². The number of carbonyl (C=O) groups is 1. The molecule has 1 aromatic carbocycles. The Morgan fingerprint density at radius 2 is 2.04 bits per heavy atom. The number of hydrogen-bond donors (Lipinski definition) is 1. The van der Waals surface area contributed by atoms with Crippen LogP contribution in [0.4, 0.5) is 15.0 Å². The van der Waals surface area contributed by atoms with Crippen LogP contribution >= 0.6 is 11.6 Å². The first-order valence-electron chi connectivity index (χ1n) is 8.38. The van der Waals surface area contributed by atoms with E-state index in [1.807, 2.05) is 12.1 Å². The van der Waals surface area contributed by atoms with Crippen molar-refractivity contribution < 1.29 is 13.9 Å². The summed E-state index contributed by atoms with van der Waals surface area (Å²) in [6, 6.07) is 9.89. The Kier molecular flexibility index (Phi) is 4.31. The molecule has 4 rings (SSSR count). The maximum atomic E-state index is 13.8. The minimum Gasteiger partial charge on any atom is -0.438 e. The van der Waals surface area contributed by atoms with Gasteiger partial charge in [0.1, 0.15) is 17.2 Å². The molecule has 1 amide bonds. The number of aromatic nitrogens is 3. The fourth-order valence-electron chi connectivity index (χ4n) is 3.08. The molecule has 6 nitrogen and oxygen atoms in total. The van der Waals surface area contributed by atoms with Crippen molar-refractivity contribution in [3.05, 3.63) is 65.2 Å². The summed E-state index contributed by atoms with van der Waals surface area (Å²) in [5, 5.41) is 7.15. The van der Waals surface area contributed by atoms with Crippen LogP contribution in [0.25, 0.3) is 11.3 Å². The lowest BCUT2D eigenvalue weighted by molar-refractivity contribution is 0.00543. The minimum atomic E-state index is -0.924. The first-order chi connectivity index (χ1) is 13.0. The SMILES string of the molecule is CC1(c2ccc(Cl)c(F)c2)CCN(c2cc(-c3ccncc3)n[nH]2)C(=O)O1. The quantitative estimate of drug-likeness (QED) is 0.718. The van der Waals surface area contributed by atoms with Crippen LogP contribution in [0.5, 0.6) is 0 Å². The molecular weight excluding hydrogens is 371 g/mol. The van der Waals surface area contributed by atoms with Gasteiger partial charge in [-0.3, -0.25) is 15.0 Å². The van der Waals surface area contributed by atoms with E-state index in [-0.39, 0.29) is 5.02 Å². The normalized spacial score (nSPS) is 19.8. The minimum absolute atomic E-state index is 0.0345. The molecule has 138 valence electrons. The number of hydrogen-bond acceptors (Lipinski definition) is 4. The van der Waals surface area contributed by atoms with Crippen LogP contribution in [0.1, 0.15) is 18.9 Å². The highest BCUT2D eigenvalue weighted by molar-refractivity contribution is 6.30. The van der Waals surface area contributed by atoms with Crippen molar-refractivity contribution in [2.45, 2.75) is 18.9 Å². The number of rotatable bonds is 3. The van der Waals surface area contributed by atoms with Gasteiger partial charge < -0.3 is 4.74 Å². The number of cyclic esters (lactones) is 1. The molecule has 1 aliphatic rings. The Morgan fingerprint density at radius 1 is 1.26 bits per heavy atom. The molecule has 3 heterocycles. The molecule has 1 N–H and O–H groups in total. The number of anilines is 1. The Hall–Kier alpha value is -2.93. The first-order valence-corrected chi connectivity index (χ1v) is 8.76. The molecule has 0 bridgehead atoms. The van der Waals surface area contributed by atoms with Crippen LogP contribution < -0.4 is 4.90 Å². The van der Waals surface area contributed by atoms with Gasteiger partial charge >= 0.3 is 6.09 Å². The molecular formula is C19H16ClFN4O2. The van der Waals surface area contributed by atoms with Crippen LogP contribution in [0, 0.1) is 5.82 Å². The van der Waals surface area contributed by atoms with Crippen LogP contribution in [0.15, 0.2) is 48.8 Å². The number of pyridine rings is 1. The van der Waals surface area contributed by atoms with E-state index in [9.17, 15) is 9.18 Å². The predicted octanol–water partition coefficient (Wildman–Crippen LogP) is 4.53. The lowest BCUT2D eigenvalue weighted by Gasteiger charge is -2.38. The molecule has 1 unspecified atom stereocenters. The highest BCUT2D eigenvalue weighted by Crippen LogP contribution is 2.36. The molecule has 27 heavy (non-hydrogen) atoms. The number of nitrogens with zero attached hydrogens (tertiary/aromatic N) is 3. The largest absolute Gasteiger partial charge is 0.438 e. The molecule has 8 heteroatoms. The van der Waals surface area contributed by atoms with Gasteiger partial charge in [-0.05, 0) is 36.8 Å². The molecule has 0 saturated carbocycles. The molecule has 0 aliphatic carbocycles. The van der Waals surface area contributed by atoms with E-state index in [1.54, 1.807) is 31.5 Å². The second-order valence-electron chi connectivity index (χ2n) is 6.50. The summed E-state index contributed by atoms with van der Waals surface area (Å²) >= 11 is 5.74. The number of halogens is 2. The lowest BCUT2D eigenvalue weighted by atomic mass is 9.91. The summed E-state index contributed by atoms with van der Waals surface area (Å²) in [4.78, 5) is 18.1. The van der Waals surface area contributed by atoms with Crippen molar-refractivity contribution >= 4 is 23.5 Å². The van der Waals surface area contributed by atoms with E-state index in [4.69, 9.17) is 16.3 Å². The van der Waals surface area contributed by atoms with Crippen LogP contribution in [0.2, 0.25) is 5.02 Å². The molecule has 0 spiro atoms. The summed E-state index contributed by atoms with van der Waals surface area (Å²) in [7, 11) is 0. The fourth-order valence-corrected chi connectivity index (χ4v) is 3.20. The molecule has 1 fully saturated rings. The van der Waals surface area contributed by atoms with Gasteiger partial charge in [0.2, 0.25) is 0 Å². The summed E-state index contributed by atoms with van der Waals surface area (Å²) in [6.07, 6.45) is 3.32. The lowest BCUT2D eigenvalue weighted by Crippen LogP contribution is -2.46. The van der Waals surface area contributed by atoms with Gasteiger partial charge in [-0.25, -0.2) is 9.18 Å². The molecule has 1 saturated heterocycles. The van der Waals surface area contributed by atoms with Crippen molar-refractivity contribution in [3.8, 4) is 11.3 Å². The topological polar surface area (TPSA) is 71.1 Å². The molecule has 2 aromatic heterocycles. The molecule has 3 aromatic rings. The van der Waals surface area contributed by atoms with Gasteiger partial charge in [0, 0.05) is 37.0 Å². The number of aromatic amines is 1. The van der Waals surface area contributed by atoms with Crippen molar-refractivity contribution in [2.75, 3.05) is 11.4 Å². The number of H-pyrrole nitrogens is 1. The van der Waals surface area contributed by atoms with Crippen molar-refractivity contribution in [1.29, 1.82) is 0 Å². The van der Waals surface area contributed by atoms with Crippen LogP contribution in [-0.2, 0) is 10.3 Å². The third-order valence-electron chi connectivity index (χ3n) is 4.71. The van der Waals surface area contributed by atoms with Gasteiger partial charge in [-0.15, -0.1) is 0 Å². The molecule has 1 aliphatic heterocycles. The highest BCUT2D eigenvalue weighted by Gasteiger charge is 2.39. The average Bonchev–Trinajstić information content (AvgIpc) is 3.14. The number of carbonyl (C=O) groups excluding carboxylic acids is 1. The van der Waals surface area contributed by atoms with E-state index in [0.717, 1.165) is 5.56 Å². The van der Waals surface area contributed by atoms with E-state index in [2.05, 4.69) is 15.2 Å². The van der Waals surface area contributed by atoms with Gasteiger partial charge in [0.25, 0.3) is 0 Å². The summed E-state index contributed by atoms with van der Waals surface area (Å²) in [6.45, 7) is 2.16. The second kappa shape index (κ2) is 6.66. The van der Waals surface area contributed by atoms with E-state index in [1.165, 1.54) is 17.0 Å². The zero-order chi connectivity index (χ0) is 19.0.